The number of hydrogen-bond acceptors (Lipinski definition) is 3. The molecule has 0 aliphatic heterocycles. The van der Waals surface area contributed by atoms with Crippen molar-refractivity contribution >= 4 is 16.2 Å². The minimum atomic E-state index is -0.324. The standard InChI is InChI=1S/C16H22N2OS/c1-16(2)6-5-11(7-16)14(19)13-15(10-3-4-10)20-12-8-17-9-18(12)13/h8-11,14,19H,3-7H2,1-2H3/t11-,14-/m0/s1. The van der Waals surface area contributed by atoms with Crippen LogP contribution in [-0.2, 0) is 0 Å². The lowest BCUT2D eigenvalue weighted by Gasteiger charge is -2.22. The van der Waals surface area contributed by atoms with Gasteiger partial charge in [-0.2, -0.15) is 0 Å². The maximum absolute atomic E-state index is 11.0. The SMILES string of the molecule is CC1(C)CC[C@H]([C@H](O)c2c(C3CC3)sc3cncn23)C1. The minimum absolute atomic E-state index is 0.324. The van der Waals surface area contributed by atoms with E-state index in [0.717, 1.165) is 18.5 Å². The third kappa shape index (κ3) is 2.01. The highest BCUT2D eigenvalue weighted by molar-refractivity contribution is 7.17. The van der Waals surface area contributed by atoms with Gasteiger partial charge in [-0.1, -0.05) is 13.8 Å². The molecule has 4 rings (SSSR count). The summed E-state index contributed by atoms with van der Waals surface area (Å²) in [5.41, 5.74) is 1.53. The van der Waals surface area contributed by atoms with E-state index in [0.29, 0.717) is 17.3 Å². The average Bonchev–Trinajstić information content (AvgIpc) is 2.86. The van der Waals surface area contributed by atoms with Gasteiger partial charge in [0.25, 0.3) is 0 Å². The van der Waals surface area contributed by atoms with Crippen LogP contribution in [0, 0.1) is 11.3 Å². The van der Waals surface area contributed by atoms with Gasteiger partial charge in [-0.15, -0.1) is 11.3 Å². The highest BCUT2D eigenvalue weighted by Crippen LogP contribution is 2.51. The Hall–Kier alpha value is -0.870. The Morgan fingerprint density at radius 1 is 1.40 bits per heavy atom. The van der Waals surface area contributed by atoms with Crippen LogP contribution < -0.4 is 0 Å². The van der Waals surface area contributed by atoms with Crippen LogP contribution in [0.3, 0.4) is 0 Å². The fourth-order valence-electron chi connectivity index (χ4n) is 3.73. The first kappa shape index (κ1) is 12.8. The Labute approximate surface area is 123 Å². The molecule has 20 heavy (non-hydrogen) atoms. The van der Waals surface area contributed by atoms with Crippen LogP contribution in [0.25, 0.3) is 4.83 Å². The van der Waals surface area contributed by atoms with Gasteiger partial charge in [-0.25, -0.2) is 4.98 Å². The van der Waals surface area contributed by atoms with E-state index in [9.17, 15) is 5.11 Å². The summed E-state index contributed by atoms with van der Waals surface area (Å²) >= 11 is 1.83. The monoisotopic (exact) mass is 290 g/mol. The Balaban J connectivity index is 1.73. The predicted molar refractivity (Wildman–Crippen MR) is 81.1 cm³/mol. The second-order valence-electron chi connectivity index (χ2n) is 7.34. The predicted octanol–water partition coefficient (Wildman–Crippen LogP) is 4.13. The van der Waals surface area contributed by atoms with Crippen LogP contribution >= 0.6 is 11.3 Å². The number of hydrogen-bond donors (Lipinski definition) is 1. The lowest BCUT2D eigenvalue weighted by atomic mass is 9.88. The number of imidazole rings is 1. The molecule has 0 unspecified atom stereocenters. The number of fused-ring (bicyclic) bond motifs is 1. The van der Waals surface area contributed by atoms with E-state index in [-0.39, 0.29) is 6.10 Å². The van der Waals surface area contributed by atoms with Gasteiger partial charge in [0.15, 0.2) is 0 Å². The Morgan fingerprint density at radius 2 is 2.20 bits per heavy atom. The van der Waals surface area contributed by atoms with E-state index < -0.39 is 0 Å². The molecule has 0 radical (unpaired) electrons. The van der Waals surface area contributed by atoms with Crippen LogP contribution in [0.15, 0.2) is 12.5 Å². The van der Waals surface area contributed by atoms with E-state index in [1.165, 1.54) is 29.0 Å². The van der Waals surface area contributed by atoms with Gasteiger partial charge >= 0.3 is 0 Å². The Bertz CT molecular complexity index is 638. The normalized spacial score (nSPS) is 27.2. The molecule has 0 saturated heterocycles. The molecule has 2 aliphatic carbocycles. The second kappa shape index (κ2) is 4.31. The van der Waals surface area contributed by atoms with Crippen molar-refractivity contribution in [3.63, 3.8) is 0 Å². The summed E-state index contributed by atoms with van der Waals surface area (Å²) in [6.07, 6.45) is 9.54. The Kier molecular flexibility index (Phi) is 2.77. The molecule has 3 nitrogen and oxygen atoms in total. The van der Waals surface area contributed by atoms with Crippen LogP contribution in [0.5, 0.6) is 0 Å². The highest BCUT2D eigenvalue weighted by atomic mass is 32.1. The van der Waals surface area contributed by atoms with Crippen molar-refractivity contribution in [3.8, 4) is 0 Å². The van der Waals surface area contributed by atoms with Crippen molar-refractivity contribution in [2.75, 3.05) is 0 Å². The molecule has 1 N–H and O–H groups in total. The molecular formula is C16H22N2OS. The van der Waals surface area contributed by atoms with Crippen molar-refractivity contribution < 1.29 is 5.11 Å². The highest BCUT2D eigenvalue weighted by Gasteiger charge is 2.39. The first-order valence-electron chi connectivity index (χ1n) is 7.68. The van der Waals surface area contributed by atoms with E-state index in [1.807, 2.05) is 23.9 Å². The van der Waals surface area contributed by atoms with E-state index in [2.05, 4.69) is 23.2 Å². The number of aliphatic hydroxyl groups excluding tert-OH is 1. The third-order valence-corrected chi connectivity index (χ3v) is 6.29. The largest absolute Gasteiger partial charge is 0.387 e. The number of aliphatic hydroxyl groups is 1. The number of aromatic nitrogens is 2. The van der Waals surface area contributed by atoms with Gasteiger partial charge in [0.2, 0.25) is 0 Å². The molecule has 2 atom stereocenters. The van der Waals surface area contributed by atoms with Gasteiger partial charge in [0, 0.05) is 4.88 Å². The fourth-order valence-corrected chi connectivity index (χ4v) is 5.04. The molecule has 0 aromatic carbocycles. The van der Waals surface area contributed by atoms with Crippen molar-refractivity contribution in [1.29, 1.82) is 0 Å². The molecule has 0 bridgehead atoms. The van der Waals surface area contributed by atoms with Crippen LogP contribution in [-0.4, -0.2) is 14.5 Å². The van der Waals surface area contributed by atoms with Crippen molar-refractivity contribution in [1.82, 2.24) is 9.38 Å². The molecule has 0 amide bonds. The van der Waals surface area contributed by atoms with E-state index in [1.54, 1.807) is 0 Å². The molecule has 2 aromatic heterocycles. The Morgan fingerprint density at radius 3 is 2.85 bits per heavy atom. The first-order chi connectivity index (χ1) is 9.55. The first-order valence-corrected chi connectivity index (χ1v) is 8.49. The van der Waals surface area contributed by atoms with Crippen LogP contribution in [0.1, 0.15) is 68.5 Å². The number of thiazole rings is 1. The van der Waals surface area contributed by atoms with Crippen LogP contribution in [0.4, 0.5) is 0 Å². The van der Waals surface area contributed by atoms with Gasteiger partial charge in [0.1, 0.15) is 11.2 Å². The summed E-state index contributed by atoms with van der Waals surface area (Å²) in [4.78, 5) is 6.84. The van der Waals surface area contributed by atoms with Crippen molar-refractivity contribution in [3.05, 3.63) is 23.1 Å². The van der Waals surface area contributed by atoms with Gasteiger partial charge in [-0.3, -0.25) is 4.40 Å². The molecule has 2 saturated carbocycles. The summed E-state index contributed by atoms with van der Waals surface area (Å²) < 4.78 is 2.13. The maximum atomic E-state index is 11.0. The zero-order valence-corrected chi connectivity index (χ0v) is 13.0. The molecule has 2 aromatic rings. The number of rotatable bonds is 3. The fraction of sp³-hybridized carbons (Fsp3) is 0.688. The lowest BCUT2D eigenvalue weighted by Crippen LogP contribution is -2.15. The maximum Gasteiger partial charge on any atom is 0.120 e. The summed E-state index contributed by atoms with van der Waals surface area (Å²) in [5.74, 6) is 1.10. The smallest absolute Gasteiger partial charge is 0.120 e. The molecule has 0 spiro atoms. The van der Waals surface area contributed by atoms with Crippen molar-refractivity contribution in [2.24, 2.45) is 11.3 Å². The molecule has 2 fully saturated rings. The van der Waals surface area contributed by atoms with Gasteiger partial charge in [-0.05, 0) is 49.4 Å². The molecule has 2 aliphatic rings. The second-order valence-corrected chi connectivity index (χ2v) is 8.40. The average molecular weight is 290 g/mol. The minimum Gasteiger partial charge on any atom is -0.387 e. The summed E-state index contributed by atoms with van der Waals surface area (Å²) in [6, 6.07) is 0. The van der Waals surface area contributed by atoms with Crippen LogP contribution in [0.2, 0.25) is 0 Å². The zero-order valence-electron chi connectivity index (χ0n) is 12.2. The zero-order chi connectivity index (χ0) is 13.9. The molecule has 108 valence electrons. The number of nitrogens with zero attached hydrogens (tertiary/aromatic N) is 2. The van der Waals surface area contributed by atoms with Gasteiger partial charge in [0.05, 0.1) is 18.0 Å². The quantitative estimate of drug-likeness (QED) is 0.922. The lowest BCUT2D eigenvalue weighted by molar-refractivity contribution is 0.0995. The summed E-state index contributed by atoms with van der Waals surface area (Å²) in [6.45, 7) is 4.64. The third-order valence-electron chi connectivity index (χ3n) is 5.01. The summed E-state index contributed by atoms with van der Waals surface area (Å²) in [7, 11) is 0. The van der Waals surface area contributed by atoms with E-state index in [4.69, 9.17) is 0 Å². The van der Waals surface area contributed by atoms with Gasteiger partial charge < -0.3 is 5.11 Å². The molecule has 4 heteroatoms. The van der Waals surface area contributed by atoms with Crippen molar-refractivity contribution in [2.45, 2.75) is 58.0 Å². The molecule has 2 heterocycles. The van der Waals surface area contributed by atoms with E-state index >= 15 is 0 Å². The topological polar surface area (TPSA) is 37.5 Å². The molecular weight excluding hydrogens is 268 g/mol. The summed E-state index contributed by atoms with van der Waals surface area (Å²) in [5, 5.41) is 11.0.